The molecule has 22 heavy (non-hydrogen) atoms. The first-order valence-corrected chi connectivity index (χ1v) is 8.31. The second-order valence-corrected chi connectivity index (χ2v) is 7.54. The molecule has 1 aromatic rings. The number of alkyl halides is 3. The van der Waals surface area contributed by atoms with Crippen LogP contribution in [0.15, 0.2) is 42.0 Å². The van der Waals surface area contributed by atoms with Crippen LogP contribution in [0.4, 0.5) is 0 Å². The van der Waals surface area contributed by atoms with Gasteiger partial charge in [0.2, 0.25) is 5.90 Å². The largest absolute Gasteiger partial charge is 0.474 e. The molecule has 2 rings (SSSR count). The molecule has 1 aliphatic heterocycles. The van der Waals surface area contributed by atoms with E-state index in [0.29, 0.717) is 0 Å². The molecule has 1 saturated heterocycles. The zero-order chi connectivity index (χ0) is 16.0. The Labute approximate surface area is 146 Å². The van der Waals surface area contributed by atoms with Crippen LogP contribution in [-0.4, -0.2) is 34.3 Å². The summed E-state index contributed by atoms with van der Waals surface area (Å²) >= 11 is 16.7. The van der Waals surface area contributed by atoms with E-state index >= 15 is 0 Å². The summed E-state index contributed by atoms with van der Waals surface area (Å²) in [5, 5.41) is 7.46. The van der Waals surface area contributed by atoms with Crippen molar-refractivity contribution < 1.29 is 4.74 Å². The Balaban J connectivity index is 1.73. The predicted molar refractivity (Wildman–Crippen MR) is 93.0 cm³/mol. The maximum absolute atomic E-state index is 7.46. The van der Waals surface area contributed by atoms with Crippen molar-refractivity contribution in [2.45, 2.75) is 23.2 Å². The van der Waals surface area contributed by atoms with Gasteiger partial charge in [-0.05, 0) is 24.5 Å². The van der Waals surface area contributed by atoms with E-state index in [1.165, 1.54) is 11.1 Å². The van der Waals surface area contributed by atoms with E-state index in [1.807, 2.05) is 12.1 Å². The highest BCUT2D eigenvalue weighted by Gasteiger charge is 2.28. The normalized spacial score (nSPS) is 16.4. The number of nitrogens with zero attached hydrogens (tertiary/aromatic N) is 1. The zero-order valence-corrected chi connectivity index (χ0v) is 14.5. The number of likely N-dealkylation sites (tertiary alicyclic amines) is 1. The molecule has 0 radical (unpaired) electrons. The van der Waals surface area contributed by atoms with E-state index in [2.05, 4.69) is 29.2 Å². The number of nitrogens with one attached hydrogen (secondary N) is 1. The lowest BCUT2D eigenvalue weighted by Gasteiger charge is -2.28. The first-order valence-electron chi connectivity index (χ1n) is 7.18. The second kappa shape index (κ2) is 8.21. The molecule has 0 aromatic heterocycles. The summed E-state index contributed by atoms with van der Waals surface area (Å²) in [6, 6.07) is 10.5. The van der Waals surface area contributed by atoms with Crippen LogP contribution in [0, 0.1) is 5.41 Å². The topological polar surface area (TPSA) is 36.3 Å². The van der Waals surface area contributed by atoms with Crippen LogP contribution in [0.1, 0.15) is 18.4 Å². The molecule has 6 heteroatoms. The molecule has 1 N–H and O–H groups in total. The van der Waals surface area contributed by atoms with Crippen LogP contribution in [0.25, 0.3) is 0 Å². The molecule has 1 heterocycles. The van der Waals surface area contributed by atoms with E-state index in [0.717, 1.165) is 32.5 Å². The minimum atomic E-state index is -1.78. The molecule has 0 spiro atoms. The fraction of sp³-hybridized carbons (Fsp3) is 0.438. The van der Waals surface area contributed by atoms with E-state index in [1.54, 1.807) is 0 Å². The highest BCUT2D eigenvalue weighted by Crippen LogP contribution is 2.27. The Bertz CT molecular complexity index is 516. The summed E-state index contributed by atoms with van der Waals surface area (Å²) in [7, 11) is 0. The van der Waals surface area contributed by atoms with Gasteiger partial charge in [0.05, 0.1) is 0 Å². The van der Waals surface area contributed by atoms with Crippen molar-refractivity contribution in [3.8, 4) is 0 Å². The quantitative estimate of drug-likeness (QED) is 0.369. The molecule has 1 fully saturated rings. The average molecular weight is 362 g/mol. The van der Waals surface area contributed by atoms with Crippen molar-refractivity contribution in [2.24, 2.45) is 0 Å². The van der Waals surface area contributed by atoms with Crippen LogP contribution in [0.2, 0.25) is 0 Å². The van der Waals surface area contributed by atoms with Crippen molar-refractivity contribution in [1.82, 2.24) is 4.90 Å². The van der Waals surface area contributed by atoms with E-state index in [9.17, 15) is 0 Å². The third-order valence-electron chi connectivity index (χ3n) is 3.60. The summed E-state index contributed by atoms with van der Waals surface area (Å²) < 4.78 is 3.35. The summed E-state index contributed by atoms with van der Waals surface area (Å²) in [4.78, 5) is 2.44. The van der Waals surface area contributed by atoms with E-state index in [4.69, 9.17) is 44.9 Å². The van der Waals surface area contributed by atoms with Crippen LogP contribution in [0.3, 0.4) is 0 Å². The number of halogens is 3. The van der Waals surface area contributed by atoms with E-state index < -0.39 is 3.79 Å². The van der Waals surface area contributed by atoms with Gasteiger partial charge in [0.15, 0.2) is 0 Å². The lowest BCUT2D eigenvalue weighted by atomic mass is 10.0. The van der Waals surface area contributed by atoms with Gasteiger partial charge in [-0.15, -0.1) is 0 Å². The predicted octanol–water partition coefficient (Wildman–Crippen LogP) is 4.57. The molecule has 0 saturated carbocycles. The molecule has 1 aromatic carbocycles. The number of ether oxygens (including phenoxy) is 1. The van der Waals surface area contributed by atoms with E-state index in [-0.39, 0.29) is 12.5 Å². The minimum absolute atomic E-state index is 0.279. The van der Waals surface area contributed by atoms with Gasteiger partial charge in [-0.2, -0.15) is 0 Å². The Morgan fingerprint density at radius 2 is 1.82 bits per heavy atom. The molecule has 0 unspecified atom stereocenters. The Morgan fingerprint density at radius 1 is 1.18 bits per heavy atom. The van der Waals surface area contributed by atoms with Crippen molar-refractivity contribution in [2.75, 3.05) is 19.7 Å². The molecule has 1 aliphatic rings. The molecular weight excluding hydrogens is 343 g/mol. The van der Waals surface area contributed by atoms with Crippen molar-refractivity contribution >= 4 is 40.7 Å². The molecule has 0 amide bonds. The van der Waals surface area contributed by atoms with Gasteiger partial charge in [0.1, 0.15) is 6.61 Å². The van der Waals surface area contributed by atoms with Gasteiger partial charge in [0.25, 0.3) is 3.79 Å². The van der Waals surface area contributed by atoms with Crippen LogP contribution in [-0.2, 0) is 11.3 Å². The van der Waals surface area contributed by atoms with Crippen molar-refractivity contribution in [3.63, 3.8) is 0 Å². The maximum atomic E-state index is 7.46. The molecule has 0 bridgehead atoms. The third-order valence-corrected chi connectivity index (χ3v) is 4.12. The van der Waals surface area contributed by atoms with Gasteiger partial charge in [0, 0.05) is 19.6 Å². The first-order chi connectivity index (χ1) is 10.4. The summed E-state index contributed by atoms with van der Waals surface area (Å²) in [6.45, 7) is 3.33. The van der Waals surface area contributed by atoms with Crippen LogP contribution >= 0.6 is 34.8 Å². The number of rotatable bonds is 4. The highest BCUT2D eigenvalue weighted by molar-refractivity contribution is 6.76. The first kappa shape index (κ1) is 17.6. The number of benzene rings is 1. The molecule has 120 valence electrons. The monoisotopic (exact) mass is 360 g/mol. The number of piperidine rings is 1. The molecule has 0 atom stereocenters. The standard InChI is InChI=1S/C16H19Cl3N2O/c17-16(18,19)15(20)22-11-8-13-6-9-21(10-7-13)12-14-4-2-1-3-5-14/h1-5,8,20H,6-7,9-12H2. The van der Waals surface area contributed by atoms with Gasteiger partial charge in [-0.1, -0.05) is 70.7 Å². The fourth-order valence-electron chi connectivity index (χ4n) is 2.37. The lowest BCUT2D eigenvalue weighted by Crippen LogP contribution is -2.30. The molecule has 0 aliphatic carbocycles. The van der Waals surface area contributed by atoms with Gasteiger partial charge >= 0.3 is 0 Å². The fourth-order valence-corrected chi connectivity index (χ4v) is 2.53. The molecule has 3 nitrogen and oxygen atoms in total. The Hall–Kier alpha value is -0.740. The SMILES string of the molecule is N=C(OCC=C1CCN(Cc2ccccc2)CC1)C(Cl)(Cl)Cl. The number of hydrogen-bond donors (Lipinski definition) is 1. The van der Waals surface area contributed by atoms with Gasteiger partial charge in [-0.25, -0.2) is 0 Å². The average Bonchev–Trinajstić information content (AvgIpc) is 2.49. The Kier molecular flexibility index (Phi) is 6.57. The summed E-state index contributed by atoms with van der Waals surface area (Å²) in [5.74, 6) is -0.337. The summed E-state index contributed by atoms with van der Waals surface area (Å²) in [6.07, 6.45) is 4.01. The van der Waals surface area contributed by atoms with Crippen molar-refractivity contribution in [3.05, 3.63) is 47.5 Å². The molecular formula is C16H19Cl3N2O. The van der Waals surface area contributed by atoms with Crippen LogP contribution < -0.4 is 0 Å². The highest BCUT2D eigenvalue weighted by atomic mass is 35.6. The van der Waals surface area contributed by atoms with Gasteiger partial charge in [-0.3, -0.25) is 10.3 Å². The lowest BCUT2D eigenvalue weighted by molar-refractivity contribution is 0.246. The van der Waals surface area contributed by atoms with Crippen molar-refractivity contribution in [1.29, 1.82) is 5.41 Å². The van der Waals surface area contributed by atoms with Crippen LogP contribution in [0.5, 0.6) is 0 Å². The summed E-state index contributed by atoms with van der Waals surface area (Å²) in [5.41, 5.74) is 2.68. The maximum Gasteiger partial charge on any atom is 0.265 e. The minimum Gasteiger partial charge on any atom is -0.474 e. The smallest absolute Gasteiger partial charge is 0.265 e. The third kappa shape index (κ3) is 5.81. The van der Waals surface area contributed by atoms with Gasteiger partial charge < -0.3 is 4.74 Å². The Morgan fingerprint density at radius 3 is 2.41 bits per heavy atom. The number of hydrogen-bond acceptors (Lipinski definition) is 3. The zero-order valence-electron chi connectivity index (χ0n) is 12.2. The second-order valence-electron chi connectivity index (χ2n) is 5.26.